The van der Waals surface area contributed by atoms with E-state index in [1.165, 1.54) is 47.8 Å². The molecule has 0 radical (unpaired) electrons. The van der Waals surface area contributed by atoms with E-state index in [1.54, 1.807) is 72.8 Å². The number of phosphoric acid groups is 1. The minimum atomic E-state index is -5.08. The maximum atomic E-state index is 14.7. The van der Waals surface area contributed by atoms with Crippen LogP contribution >= 0.6 is 31.3 Å². The van der Waals surface area contributed by atoms with Crippen LogP contribution in [0.5, 0.6) is 0 Å². The van der Waals surface area contributed by atoms with E-state index in [2.05, 4.69) is 0 Å². The van der Waals surface area contributed by atoms with Crippen LogP contribution in [0.2, 0.25) is 0 Å². The van der Waals surface area contributed by atoms with Crippen LogP contribution in [-0.2, 0) is 13.6 Å². The fraction of sp³-hybridized carbons (Fsp3) is 0. The monoisotopic (exact) mass is 572 g/mol. The molecule has 0 fully saturated rings. The van der Waals surface area contributed by atoms with Gasteiger partial charge in [-0.1, -0.05) is 72.1 Å². The van der Waals surface area contributed by atoms with Crippen molar-refractivity contribution in [1.29, 1.82) is 0 Å². The number of phosphoric ester groups is 1. The van der Waals surface area contributed by atoms with E-state index in [4.69, 9.17) is 9.05 Å². The molecule has 2 heterocycles. The van der Waals surface area contributed by atoms with Crippen molar-refractivity contribution >= 4 is 55.0 Å². The van der Waals surface area contributed by atoms with Gasteiger partial charge in [0.05, 0.1) is 0 Å². The number of rotatable bonds is 4. The first-order valence-electron chi connectivity index (χ1n) is 11.1. The minimum absolute atomic E-state index is 0. The molecule has 0 atom stereocenters. The molecule has 0 bridgehead atoms. The Morgan fingerprint density at radius 3 is 1.45 bits per heavy atom. The molecule has 4 aromatic carbocycles. The number of hydrogen-bond acceptors (Lipinski definition) is 6. The molecule has 0 aromatic heterocycles. The maximum absolute atomic E-state index is 14.7. The van der Waals surface area contributed by atoms with Gasteiger partial charge < -0.3 is 13.9 Å². The molecule has 0 saturated heterocycles. The molecule has 184 valence electrons. The molecule has 2 aliphatic rings. The second-order valence-corrected chi connectivity index (χ2v) is 11.6. The van der Waals surface area contributed by atoms with Crippen molar-refractivity contribution < 1.29 is 56.8 Å². The van der Waals surface area contributed by atoms with Gasteiger partial charge in [0.25, 0.3) is 0 Å². The van der Waals surface area contributed by atoms with Gasteiger partial charge >= 0.3 is 37.4 Å². The number of hydrogen-bond donors (Lipinski definition) is 0. The summed E-state index contributed by atoms with van der Waals surface area (Å²) in [7, 11) is -5.08. The van der Waals surface area contributed by atoms with Gasteiger partial charge in [-0.25, -0.2) is 13.3 Å². The van der Waals surface area contributed by atoms with E-state index in [1.807, 2.05) is 0 Å². The molecule has 10 heteroatoms. The fourth-order valence-electron chi connectivity index (χ4n) is 4.08. The standard InChI is InChI=1S/C28H17F2O4PS2.Na/c29-21-9-5-13-27-19(21)15-23(17-7-1-3-11-25(17)36-27)33-35(31,32)34-24-16-20-22(30)10-6-14-28(20)37-26-12-4-2-8-18(24)26;/h1-16H,(H,31,32);/q;+1/p-1. The second-order valence-electron chi connectivity index (χ2n) is 8.15. The quantitative estimate of drug-likeness (QED) is 0.251. The van der Waals surface area contributed by atoms with Crippen LogP contribution in [0.25, 0.3) is 23.7 Å². The van der Waals surface area contributed by atoms with Crippen molar-refractivity contribution in [2.75, 3.05) is 0 Å². The Morgan fingerprint density at radius 2 is 1.00 bits per heavy atom. The molecule has 38 heavy (non-hydrogen) atoms. The molecular weight excluding hydrogens is 556 g/mol. The summed E-state index contributed by atoms with van der Waals surface area (Å²) in [5.41, 5.74) is 1.38. The predicted octanol–water partition coefficient (Wildman–Crippen LogP) is 5.10. The Hall–Kier alpha value is -2.29. The molecule has 0 spiro atoms. The van der Waals surface area contributed by atoms with Crippen molar-refractivity contribution in [3.8, 4) is 0 Å². The third kappa shape index (κ3) is 5.40. The second kappa shape index (κ2) is 11.1. The molecule has 4 aromatic rings. The molecule has 0 amide bonds. The van der Waals surface area contributed by atoms with E-state index < -0.39 is 19.5 Å². The number of halogens is 2. The van der Waals surface area contributed by atoms with Gasteiger partial charge in [-0.15, -0.1) is 0 Å². The van der Waals surface area contributed by atoms with E-state index in [9.17, 15) is 18.2 Å². The van der Waals surface area contributed by atoms with Crippen LogP contribution in [0.15, 0.2) is 105 Å². The summed E-state index contributed by atoms with van der Waals surface area (Å²) in [6.45, 7) is 0. The first-order valence-corrected chi connectivity index (χ1v) is 14.2. The average molecular weight is 573 g/mol. The zero-order chi connectivity index (χ0) is 25.6. The van der Waals surface area contributed by atoms with Gasteiger partial charge in [0.15, 0.2) is 0 Å². The molecule has 0 aliphatic carbocycles. The Bertz CT molecular complexity index is 1560. The van der Waals surface area contributed by atoms with Crippen LogP contribution in [0.3, 0.4) is 0 Å². The van der Waals surface area contributed by atoms with Gasteiger partial charge in [-0.2, -0.15) is 0 Å². The molecule has 0 unspecified atom stereocenters. The summed E-state index contributed by atoms with van der Waals surface area (Å²) in [6.07, 6.45) is 2.72. The van der Waals surface area contributed by atoms with Gasteiger partial charge in [0.2, 0.25) is 0 Å². The number of benzene rings is 4. The summed E-state index contributed by atoms with van der Waals surface area (Å²) in [5, 5.41) is 0. The molecule has 6 rings (SSSR count). The van der Waals surface area contributed by atoms with Crippen LogP contribution < -0.4 is 34.5 Å². The van der Waals surface area contributed by atoms with Gasteiger partial charge in [-0.05, 0) is 48.6 Å². The first-order chi connectivity index (χ1) is 17.9. The van der Waals surface area contributed by atoms with E-state index in [0.717, 1.165) is 0 Å². The summed E-state index contributed by atoms with van der Waals surface area (Å²) in [5.74, 6) is -1.17. The van der Waals surface area contributed by atoms with Crippen LogP contribution in [0, 0.1) is 11.6 Å². The van der Waals surface area contributed by atoms with Crippen LogP contribution in [0.1, 0.15) is 22.3 Å². The van der Waals surface area contributed by atoms with Gasteiger partial charge in [-0.3, -0.25) is 0 Å². The Balaban J connectivity index is 0.00000294. The van der Waals surface area contributed by atoms with Gasteiger partial charge in [0.1, 0.15) is 23.2 Å². The third-order valence-corrected chi connectivity index (χ3v) is 8.89. The summed E-state index contributed by atoms with van der Waals surface area (Å²) in [4.78, 5) is 15.9. The smallest absolute Gasteiger partial charge is 0.736 e. The summed E-state index contributed by atoms with van der Waals surface area (Å²) < 4.78 is 53.7. The first kappa shape index (κ1) is 27.3. The largest absolute Gasteiger partial charge is 1.00 e. The van der Waals surface area contributed by atoms with E-state index in [-0.39, 0.29) is 52.2 Å². The van der Waals surface area contributed by atoms with E-state index >= 15 is 0 Å². The van der Waals surface area contributed by atoms with Crippen molar-refractivity contribution in [3.05, 3.63) is 119 Å². The molecule has 0 N–H and O–H groups in total. The molecule has 4 nitrogen and oxygen atoms in total. The normalized spacial score (nSPS) is 13.7. The summed E-state index contributed by atoms with van der Waals surface area (Å²) in [6, 6.07) is 23.4. The van der Waals surface area contributed by atoms with E-state index in [0.29, 0.717) is 30.7 Å². The van der Waals surface area contributed by atoms with Crippen LogP contribution in [0.4, 0.5) is 8.78 Å². The van der Waals surface area contributed by atoms with Crippen molar-refractivity contribution in [3.63, 3.8) is 0 Å². The Kier molecular flexibility index (Phi) is 7.94. The van der Waals surface area contributed by atoms with Crippen molar-refractivity contribution in [1.82, 2.24) is 0 Å². The predicted molar refractivity (Wildman–Crippen MR) is 139 cm³/mol. The Morgan fingerprint density at radius 1 is 0.605 bits per heavy atom. The summed E-state index contributed by atoms with van der Waals surface area (Å²) >= 11 is 2.62. The van der Waals surface area contributed by atoms with Crippen molar-refractivity contribution in [2.45, 2.75) is 19.6 Å². The van der Waals surface area contributed by atoms with Crippen molar-refractivity contribution in [2.24, 2.45) is 0 Å². The SMILES string of the molecule is O=P([O-])(OC1=Cc2c(F)cccc2Sc2ccccc21)OC1=Cc2c(F)cccc2Sc2ccccc21.[Na+]. The fourth-order valence-corrected chi connectivity index (χ4v) is 7.05. The number of fused-ring (bicyclic) bond motifs is 4. The molecular formula is C28H16F2NaO4PS2. The zero-order valence-corrected chi connectivity index (χ0v) is 24.4. The average Bonchev–Trinajstić information content (AvgIpc) is 3.13. The topological polar surface area (TPSA) is 58.6 Å². The third-order valence-electron chi connectivity index (χ3n) is 5.74. The van der Waals surface area contributed by atoms with Crippen LogP contribution in [-0.4, -0.2) is 0 Å². The molecule has 2 aliphatic heterocycles. The minimum Gasteiger partial charge on any atom is -0.736 e. The zero-order valence-electron chi connectivity index (χ0n) is 19.9. The maximum Gasteiger partial charge on any atom is 1.00 e. The molecule has 0 saturated carbocycles. The van der Waals surface area contributed by atoms with Gasteiger partial charge in [0, 0.05) is 41.8 Å². The Labute approximate surface area is 248 Å².